The Morgan fingerprint density at radius 3 is 2.70 bits per heavy atom. The first-order valence-electron chi connectivity index (χ1n) is 6.29. The van der Waals surface area contributed by atoms with Crippen LogP contribution in [0, 0.1) is 0 Å². The maximum atomic E-state index is 12.2. The van der Waals surface area contributed by atoms with Crippen LogP contribution in [-0.4, -0.2) is 18.2 Å². The maximum absolute atomic E-state index is 12.2. The lowest BCUT2D eigenvalue weighted by Crippen LogP contribution is -2.24. The highest BCUT2D eigenvalue weighted by Crippen LogP contribution is 2.17. The molecule has 0 spiro atoms. The number of nitrogens with two attached hydrogens (primary N) is 1. The zero-order valence-electron chi connectivity index (χ0n) is 11.5. The van der Waals surface area contributed by atoms with Gasteiger partial charge >= 0.3 is 0 Å². The van der Waals surface area contributed by atoms with Gasteiger partial charge in [0, 0.05) is 25.4 Å². The number of rotatable bonds is 5. The van der Waals surface area contributed by atoms with Gasteiger partial charge in [-0.2, -0.15) is 5.10 Å². The molecule has 0 saturated carbocycles. The number of benzene rings is 1. The third-order valence-electron chi connectivity index (χ3n) is 2.99. The lowest BCUT2D eigenvalue weighted by molar-refractivity contribution is 0.581. The average molecular weight is 294 g/mol. The van der Waals surface area contributed by atoms with E-state index in [1.807, 2.05) is 20.2 Å². The van der Waals surface area contributed by atoms with Gasteiger partial charge in [0.05, 0.1) is 11.4 Å². The molecule has 0 aliphatic carbocycles. The predicted octanol–water partition coefficient (Wildman–Crippen LogP) is 1.04. The molecule has 20 heavy (non-hydrogen) atoms. The van der Waals surface area contributed by atoms with Crippen LogP contribution in [0.4, 0.5) is 5.69 Å². The molecule has 1 heterocycles. The van der Waals surface area contributed by atoms with Gasteiger partial charge in [0.25, 0.3) is 0 Å². The molecule has 2 rings (SSSR count). The number of anilines is 1. The van der Waals surface area contributed by atoms with Gasteiger partial charge in [0.1, 0.15) is 4.90 Å². The van der Waals surface area contributed by atoms with Gasteiger partial charge in [-0.05, 0) is 18.6 Å². The number of nitrogens with zero attached hydrogens (tertiary/aromatic N) is 2. The summed E-state index contributed by atoms with van der Waals surface area (Å²) in [5.41, 5.74) is 7.69. The molecule has 6 nitrogen and oxygen atoms in total. The van der Waals surface area contributed by atoms with Crippen molar-refractivity contribution >= 4 is 15.7 Å². The van der Waals surface area contributed by atoms with E-state index in [1.165, 1.54) is 6.07 Å². The molecule has 0 aliphatic rings. The molecule has 0 bridgehead atoms. The number of aryl methyl sites for hydroxylation is 2. The maximum Gasteiger partial charge on any atom is 0.242 e. The Labute approximate surface area is 118 Å². The Bertz CT molecular complexity index is 707. The minimum atomic E-state index is -3.62. The quantitative estimate of drug-likeness (QED) is 0.806. The second-order valence-corrected chi connectivity index (χ2v) is 6.23. The summed E-state index contributed by atoms with van der Waals surface area (Å²) in [6, 6.07) is 6.40. The van der Waals surface area contributed by atoms with E-state index in [-0.39, 0.29) is 17.1 Å². The van der Waals surface area contributed by atoms with Crippen molar-refractivity contribution in [2.45, 2.75) is 24.8 Å². The normalized spacial score (nSPS) is 11.7. The first kappa shape index (κ1) is 14.5. The SMILES string of the molecule is CCc1nn(C)cc1CNS(=O)(=O)c1ccccc1N. The van der Waals surface area contributed by atoms with E-state index in [2.05, 4.69) is 9.82 Å². The minimum absolute atomic E-state index is 0.0990. The Balaban J connectivity index is 2.20. The van der Waals surface area contributed by atoms with Gasteiger partial charge in [-0.1, -0.05) is 19.1 Å². The first-order chi connectivity index (χ1) is 9.44. The fourth-order valence-corrected chi connectivity index (χ4v) is 3.14. The van der Waals surface area contributed by atoms with Crippen LogP contribution < -0.4 is 10.5 Å². The highest BCUT2D eigenvalue weighted by molar-refractivity contribution is 7.89. The van der Waals surface area contributed by atoms with Crippen molar-refractivity contribution in [2.24, 2.45) is 7.05 Å². The second-order valence-electron chi connectivity index (χ2n) is 4.49. The van der Waals surface area contributed by atoms with Crippen LogP contribution in [0.1, 0.15) is 18.2 Å². The molecule has 0 amide bonds. The van der Waals surface area contributed by atoms with E-state index in [0.717, 1.165) is 17.7 Å². The smallest absolute Gasteiger partial charge is 0.242 e. The van der Waals surface area contributed by atoms with E-state index in [9.17, 15) is 8.42 Å². The summed E-state index contributed by atoms with van der Waals surface area (Å²) in [5, 5.41) is 4.28. The van der Waals surface area contributed by atoms with Gasteiger partial charge in [-0.25, -0.2) is 13.1 Å². The molecule has 0 fully saturated rings. The molecular formula is C13H18N4O2S. The summed E-state index contributed by atoms with van der Waals surface area (Å²) < 4.78 is 28.7. The number of hydrogen-bond donors (Lipinski definition) is 2. The predicted molar refractivity (Wildman–Crippen MR) is 77.5 cm³/mol. The molecule has 1 aromatic carbocycles. The average Bonchev–Trinajstić information content (AvgIpc) is 2.77. The van der Waals surface area contributed by atoms with Crippen molar-refractivity contribution < 1.29 is 8.42 Å². The first-order valence-corrected chi connectivity index (χ1v) is 7.78. The van der Waals surface area contributed by atoms with Gasteiger partial charge in [-0.3, -0.25) is 4.68 Å². The third kappa shape index (κ3) is 3.00. The van der Waals surface area contributed by atoms with Crippen LogP contribution in [0.2, 0.25) is 0 Å². The van der Waals surface area contributed by atoms with Crippen LogP contribution in [0.15, 0.2) is 35.4 Å². The minimum Gasteiger partial charge on any atom is -0.398 e. The van der Waals surface area contributed by atoms with Crippen molar-refractivity contribution in [3.63, 3.8) is 0 Å². The molecule has 1 aromatic heterocycles. The molecule has 0 unspecified atom stereocenters. The van der Waals surface area contributed by atoms with Gasteiger partial charge in [-0.15, -0.1) is 0 Å². The molecule has 7 heteroatoms. The number of hydrogen-bond acceptors (Lipinski definition) is 4. The Morgan fingerprint density at radius 1 is 1.35 bits per heavy atom. The Kier molecular flexibility index (Phi) is 4.10. The van der Waals surface area contributed by atoms with Crippen LogP contribution in [0.5, 0.6) is 0 Å². The van der Waals surface area contributed by atoms with E-state index in [0.29, 0.717) is 0 Å². The summed E-state index contributed by atoms with van der Waals surface area (Å²) in [7, 11) is -1.81. The third-order valence-corrected chi connectivity index (χ3v) is 4.46. The number of nitrogens with one attached hydrogen (secondary N) is 1. The van der Waals surface area contributed by atoms with Crippen molar-refractivity contribution in [1.82, 2.24) is 14.5 Å². The molecule has 0 aliphatic heterocycles. The lowest BCUT2D eigenvalue weighted by Gasteiger charge is -2.08. The summed E-state index contributed by atoms with van der Waals surface area (Å²) in [4.78, 5) is 0.0990. The standard InChI is InChI=1S/C13H18N4O2S/c1-3-12-10(9-17(2)16-12)8-15-20(18,19)13-7-5-4-6-11(13)14/h4-7,9,15H,3,8,14H2,1-2H3. The largest absolute Gasteiger partial charge is 0.398 e. The van der Waals surface area contributed by atoms with Crippen molar-refractivity contribution in [2.75, 3.05) is 5.73 Å². The highest BCUT2D eigenvalue weighted by atomic mass is 32.2. The zero-order chi connectivity index (χ0) is 14.8. The van der Waals surface area contributed by atoms with Gasteiger partial charge in [0.2, 0.25) is 10.0 Å². The van der Waals surface area contributed by atoms with E-state index in [1.54, 1.807) is 22.9 Å². The monoisotopic (exact) mass is 294 g/mol. The van der Waals surface area contributed by atoms with Crippen LogP contribution in [-0.2, 0) is 30.0 Å². The van der Waals surface area contributed by atoms with Gasteiger partial charge < -0.3 is 5.73 Å². The van der Waals surface area contributed by atoms with E-state index >= 15 is 0 Å². The topological polar surface area (TPSA) is 90.0 Å². The summed E-state index contributed by atoms with van der Waals surface area (Å²) >= 11 is 0. The summed E-state index contributed by atoms with van der Waals surface area (Å²) in [6.07, 6.45) is 2.57. The number of sulfonamides is 1. The number of nitrogen functional groups attached to an aromatic ring is 1. The lowest BCUT2D eigenvalue weighted by atomic mass is 10.2. The van der Waals surface area contributed by atoms with Gasteiger partial charge in [0.15, 0.2) is 0 Å². The molecule has 2 aromatic rings. The van der Waals surface area contributed by atoms with Crippen LogP contribution >= 0.6 is 0 Å². The molecular weight excluding hydrogens is 276 g/mol. The Hall–Kier alpha value is -1.86. The van der Waals surface area contributed by atoms with Crippen LogP contribution in [0.25, 0.3) is 0 Å². The Morgan fingerprint density at radius 2 is 2.05 bits per heavy atom. The molecule has 0 saturated heterocycles. The molecule has 0 atom stereocenters. The fourth-order valence-electron chi connectivity index (χ4n) is 2.00. The molecule has 3 N–H and O–H groups in total. The van der Waals surface area contributed by atoms with Crippen LogP contribution in [0.3, 0.4) is 0 Å². The molecule has 0 radical (unpaired) electrons. The second kappa shape index (κ2) is 5.64. The molecule has 108 valence electrons. The van der Waals surface area contributed by atoms with Crippen molar-refractivity contribution in [3.8, 4) is 0 Å². The highest BCUT2D eigenvalue weighted by Gasteiger charge is 2.17. The number of para-hydroxylation sites is 1. The fraction of sp³-hybridized carbons (Fsp3) is 0.308. The van der Waals surface area contributed by atoms with E-state index < -0.39 is 10.0 Å². The van der Waals surface area contributed by atoms with Crippen molar-refractivity contribution in [3.05, 3.63) is 41.7 Å². The van der Waals surface area contributed by atoms with E-state index in [4.69, 9.17) is 5.73 Å². The van der Waals surface area contributed by atoms with Crippen molar-refractivity contribution in [1.29, 1.82) is 0 Å². The summed E-state index contributed by atoms with van der Waals surface area (Å²) in [6.45, 7) is 2.18. The number of aromatic nitrogens is 2. The zero-order valence-corrected chi connectivity index (χ0v) is 12.3. The summed E-state index contributed by atoms with van der Waals surface area (Å²) in [5.74, 6) is 0.